The molecular weight excluding hydrogens is 398 g/mol. The average molecular weight is 421 g/mol. The molecule has 0 atom stereocenters. The lowest BCUT2D eigenvalue weighted by Crippen LogP contribution is -2.26. The number of sulfonamides is 1. The van der Waals surface area contributed by atoms with Crippen molar-refractivity contribution in [3.05, 3.63) is 54.1 Å². The Labute approximate surface area is 169 Å². The van der Waals surface area contributed by atoms with E-state index in [0.29, 0.717) is 10.2 Å². The van der Waals surface area contributed by atoms with Crippen LogP contribution in [0.5, 0.6) is 0 Å². The zero-order valence-corrected chi connectivity index (χ0v) is 17.4. The van der Waals surface area contributed by atoms with E-state index >= 15 is 0 Å². The second-order valence-corrected chi connectivity index (χ2v) is 8.13. The lowest BCUT2D eigenvalue weighted by Gasteiger charge is -2.14. The van der Waals surface area contributed by atoms with Gasteiger partial charge in [0.25, 0.3) is 15.9 Å². The first kappa shape index (κ1) is 22.3. The third-order valence-corrected chi connectivity index (χ3v) is 5.64. The van der Waals surface area contributed by atoms with Crippen molar-refractivity contribution >= 4 is 33.3 Å². The van der Waals surface area contributed by atoms with Crippen LogP contribution >= 0.6 is 0 Å². The predicted molar refractivity (Wildman–Crippen MR) is 108 cm³/mol. The Bertz CT molecular complexity index is 974. The standard InChI is InChI=1S/C19H23N3O6S/c1-21(2)16-10-8-15(9-11-16)20-18(23)13-28-19(24)14-6-5-7-17(12-14)29(25,26)22(3)27-4/h5-12H,13H2,1-4H3,(H,20,23). The molecule has 0 saturated heterocycles. The van der Waals surface area contributed by atoms with Crippen LogP contribution in [0, 0.1) is 0 Å². The number of esters is 1. The Morgan fingerprint density at radius 1 is 1.03 bits per heavy atom. The first-order chi connectivity index (χ1) is 13.6. The molecule has 0 aromatic heterocycles. The van der Waals surface area contributed by atoms with Crippen LogP contribution < -0.4 is 10.2 Å². The van der Waals surface area contributed by atoms with Crippen LogP contribution in [-0.2, 0) is 24.4 Å². The number of ether oxygens (including phenoxy) is 1. The van der Waals surface area contributed by atoms with Gasteiger partial charge in [-0.05, 0) is 42.5 Å². The summed E-state index contributed by atoms with van der Waals surface area (Å²) in [6.07, 6.45) is 0. The highest BCUT2D eigenvalue weighted by atomic mass is 32.2. The Hall–Kier alpha value is -2.95. The Morgan fingerprint density at radius 3 is 2.28 bits per heavy atom. The first-order valence-electron chi connectivity index (χ1n) is 8.52. The number of anilines is 2. The molecule has 0 saturated carbocycles. The number of hydroxylamine groups is 1. The van der Waals surface area contributed by atoms with Crippen LogP contribution in [0.15, 0.2) is 53.4 Å². The highest BCUT2D eigenvalue weighted by Gasteiger charge is 2.22. The molecule has 1 amide bonds. The molecule has 9 nitrogen and oxygen atoms in total. The molecule has 0 aliphatic rings. The molecule has 2 rings (SSSR count). The van der Waals surface area contributed by atoms with Gasteiger partial charge in [0.05, 0.1) is 17.6 Å². The van der Waals surface area contributed by atoms with Crippen LogP contribution in [0.25, 0.3) is 0 Å². The van der Waals surface area contributed by atoms with Crippen molar-refractivity contribution in [3.63, 3.8) is 0 Å². The van der Waals surface area contributed by atoms with Gasteiger partial charge in [0.1, 0.15) is 0 Å². The summed E-state index contributed by atoms with van der Waals surface area (Å²) in [6, 6.07) is 12.4. The summed E-state index contributed by atoms with van der Waals surface area (Å²) in [7, 11) is 2.34. The molecule has 0 aliphatic carbocycles. The van der Waals surface area contributed by atoms with Gasteiger partial charge in [-0.25, -0.2) is 13.2 Å². The van der Waals surface area contributed by atoms with E-state index in [1.54, 1.807) is 12.1 Å². The van der Waals surface area contributed by atoms with Crippen molar-refractivity contribution in [2.24, 2.45) is 0 Å². The molecule has 0 unspecified atom stereocenters. The predicted octanol–water partition coefficient (Wildman–Crippen LogP) is 1.73. The van der Waals surface area contributed by atoms with Gasteiger partial charge < -0.3 is 15.0 Å². The second-order valence-electron chi connectivity index (χ2n) is 6.19. The summed E-state index contributed by atoms with van der Waals surface area (Å²) >= 11 is 0. The fourth-order valence-corrected chi connectivity index (χ4v) is 3.30. The van der Waals surface area contributed by atoms with Crippen molar-refractivity contribution in [2.75, 3.05) is 45.1 Å². The van der Waals surface area contributed by atoms with Gasteiger partial charge in [-0.1, -0.05) is 10.5 Å². The van der Waals surface area contributed by atoms with Gasteiger partial charge in [0, 0.05) is 32.5 Å². The summed E-state index contributed by atoms with van der Waals surface area (Å²) < 4.78 is 30.2. The summed E-state index contributed by atoms with van der Waals surface area (Å²) in [5.74, 6) is -1.33. The van der Waals surface area contributed by atoms with Crippen LogP contribution in [0.1, 0.15) is 10.4 Å². The molecule has 0 spiro atoms. The molecular formula is C19H23N3O6S. The monoisotopic (exact) mass is 421 g/mol. The zero-order chi connectivity index (χ0) is 21.6. The number of nitrogens with zero attached hydrogens (tertiary/aromatic N) is 2. The number of amides is 1. The van der Waals surface area contributed by atoms with E-state index < -0.39 is 28.5 Å². The van der Waals surface area contributed by atoms with Gasteiger partial charge >= 0.3 is 5.97 Å². The maximum Gasteiger partial charge on any atom is 0.338 e. The van der Waals surface area contributed by atoms with Crippen molar-refractivity contribution in [3.8, 4) is 0 Å². The Morgan fingerprint density at radius 2 is 1.69 bits per heavy atom. The number of benzene rings is 2. The lowest BCUT2D eigenvalue weighted by atomic mass is 10.2. The fraction of sp³-hybridized carbons (Fsp3) is 0.263. The minimum atomic E-state index is -3.91. The van der Waals surface area contributed by atoms with E-state index in [9.17, 15) is 18.0 Å². The minimum absolute atomic E-state index is 0.00119. The number of nitrogens with one attached hydrogen (secondary N) is 1. The van der Waals surface area contributed by atoms with Gasteiger partial charge in [-0.15, -0.1) is 0 Å². The molecule has 2 aromatic rings. The van der Waals surface area contributed by atoms with Crippen LogP contribution in [0.3, 0.4) is 0 Å². The number of hydrogen-bond acceptors (Lipinski definition) is 7. The SMILES string of the molecule is CON(C)S(=O)(=O)c1cccc(C(=O)OCC(=O)Nc2ccc(N(C)C)cc2)c1. The van der Waals surface area contributed by atoms with E-state index in [0.717, 1.165) is 11.8 Å². The lowest BCUT2D eigenvalue weighted by molar-refractivity contribution is -0.119. The van der Waals surface area contributed by atoms with Gasteiger partial charge in [-0.3, -0.25) is 9.63 Å². The van der Waals surface area contributed by atoms with Crippen molar-refractivity contribution in [1.29, 1.82) is 0 Å². The maximum absolute atomic E-state index is 12.3. The van der Waals surface area contributed by atoms with Gasteiger partial charge in [0.15, 0.2) is 6.61 Å². The van der Waals surface area contributed by atoms with E-state index in [4.69, 9.17) is 9.57 Å². The largest absolute Gasteiger partial charge is 0.452 e. The van der Waals surface area contributed by atoms with E-state index in [1.165, 1.54) is 32.4 Å². The minimum Gasteiger partial charge on any atom is -0.452 e. The smallest absolute Gasteiger partial charge is 0.338 e. The molecule has 29 heavy (non-hydrogen) atoms. The number of hydrogen-bond donors (Lipinski definition) is 1. The number of carbonyl (C=O) groups is 2. The molecule has 10 heteroatoms. The average Bonchev–Trinajstić information content (AvgIpc) is 2.71. The molecule has 0 bridgehead atoms. The van der Waals surface area contributed by atoms with Crippen LogP contribution in [-0.4, -0.2) is 59.6 Å². The van der Waals surface area contributed by atoms with Gasteiger partial charge in [-0.2, -0.15) is 0 Å². The quantitative estimate of drug-likeness (QED) is 0.511. The summed E-state index contributed by atoms with van der Waals surface area (Å²) in [4.78, 5) is 30.7. The molecule has 0 aliphatic heterocycles. The summed E-state index contributed by atoms with van der Waals surface area (Å²) in [5, 5.41) is 2.62. The third-order valence-electron chi connectivity index (χ3n) is 3.97. The van der Waals surface area contributed by atoms with E-state index in [1.807, 2.05) is 31.1 Å². The topological polar surface area (TPSA) is 105 Å². The number of carbonyl (C=O) groups excluding carboxylic acids is 2. The third kappa shape index (κ3) is 5.76. The molecule has 0 radical (unpaired) electrons. The highest BCUT2D eigenvalue weighted by Crippen LogP contribution is 2.17. The first-order valence-corrected chi connectivity index (χ1v) is 9.96. The normalized spacial score (nSPS) is 11.2. The molecule has 0 heterocycles. The number of rotatable bonds is 8. The van der Waals surface area contributed by atoms with E-state index in [-0.39, 0.29) is 10.5 Å². The molecule has 2 aromatic carbocycles. The van der Waals surface area contributed by atoms with E-state index in [2.05, 4.69) is 5.32 Å². The van der Waals surface area contributed by atoms with Crippen LogP contribution in [0.2, 0.25) is 0 Å². The highest BCUT2D eigenvalue weighted by molar-refractivity contribution is 7.89. The Balaban J connectivity index is 1.98. The second kappa shape index (κ2) is 9.50. The molecule has 156 valence electrons. The summed E-state index contributed by atoms with van der Waals surface area (Å²) in [5.41, 5.74) is 1.54. The fourth-order valence-electron chi connectivity index (χ4n) is 2.28. The zero-order valence-electron chi connectivity index (χ0n) is 16.6. The summed E-state index contributed by atoms with van der Waals surface area (Å²) in [6.45, 7) is -0.511. The van der Waals surface area contributed by atoms with Crippen molar-refractivity contribution < 1.29 is 27.6 Å². The maximum atomic E-state index is 12.3. The van der Waals surface area contributed by atoms with Gasteiger partial charge in [0.2, 0.25) is 0 Å². The Kier molecular flexibility index (Phi) is 7.32. The van der Waals surface area contributed by atoms with Crippen LogP contribution in [0.4, 0.5) is 11.4 Å². The molecule has 0 fully saturated rings. The van der Waals surface area contributed by atoms with Crippen molar-refractivity contribution in [2.45, 2.75) is 4.90 Å². The van der Waals surface area contributed by atoms with Crippen molar-refractivity contribution in [1.82, 2.24) is 4.47 Å². The molecule has 1 N–H and O–H groups in total.